The van der Waals surface area contributed by atoms with Crippen molar-refractivity contribution >= 4 is 10.9 Å². The monoisotopic (exact) mass is 279 g/mol. The lowest BCUT2D eigenvalue weighted by atomic mass is 9.60. The predicted octanol–water partition coefficient (Wildman–Crippen LogP) is 5.09. The SMILES string of the molecule is Cc1ccc(C2(c3c[nH]c4cc(F)ccc34)CCC2)cc1. The van der Waals surface area contributed by atoms with Crippen molar-refractivity contribution in [2.45, 2.75) is 31.6 Å². The van der Waals surface area contributed by atoms with Gasteiger partial charge in [-0.1, -0.05) is 36.2 Å². The van der Waals surface area contributed by atoms with Crippen LogP contribution in [0.15, 0.2) is 48.7 Å². The van der Waals surface area contributed by atoms with Crippen LogP contribution in [0.25, 0.3) is 10.9 Å². The molecule has 2 heteroatoms. The number of halogens is 1. The molecule has 4 rings (SSSR count). The van der Waals surface area contributed by atoms with Gasteiger partial charge in [0.2, 0.25) is 0 Å². The van der Waals surface area contributed by atoms with E-state index in [9.17, 15) is 4.39 Å². The Balaban J connectivity index is 1.90. The molecule has 0 saturated heterocycles. The van der Waals surface area contributed by atoms with Crippen molar-refractivity contribution in [2.24, 2.45) is 0 Å². The molecule has 0 unspecified atom stereocenters. The first-order valence-corrected chi connectivity index (χ1v) is 7.53. The van der Waals surface area contributed by atoms with E-state index >= 15 is 0 Å². The summed E-state index contributed by atoms with van der Waals surface area (Å²) in [5, 5.41) is 1.15. The van der Waals surface area contributed by atoms with Crippen molar-refractivity contribution in [3.05, 3.63) is 71.2 Å². The standard InChI is InChI=1S/C19H18FN/c1-13-3-5-14(6-4-13)19(9-2-10-19)17-12-21-18-11-15(20)7-8-16(17)18/h3-8,11-12,21H,2,9-10H2,1H3. The summed E-state index contributed by atoms with van der Waals surface area (Å²) < 4.78 is 13.4. The highest BCUT2D eigenvalue weighted by molar-refractivity contribution is 5.85. The molecule has 1 heterocycles. The summed E-state index contributed by atoms with van der Waals surface area (Å²) in [7, 11) is 0. The van der Waals surface area contributed by atoms with Crippen LogP contribution in [0.5, 0.6) is 0 Å². The van der Waals surface area contributed by atoms with Gasteiger partial charge >= 0.3 is 0 Å². The molecule has 2 aromatic carbocycles. The number of nitrogens with one attached hydrogen (secondary N) is 1. The lowest BCUT2D eigenvalue weighted by Crippen LogP contribution is -2.35. The molecule has 1 nitrogen and oxygen atoms in total. The highest BCUT2D eigenvalue weighted by atomic mass is 19.1. The first-order chi connectivity index (χ1) is 10.2. The minimum Gasteiger partial charge on any atom is -0.361 e. The van der Waals surface area contributed by atoms with Gasteiger partial charge in [0.1, 0.15) is 5.82 Å². The van der Waals surface area contributed by atoms with Gasteiger partial charge in [0, 0.05) is 22.5 Å². The van der Waals surface area contributed by atoms with E-state index in [0.29, 0.717) is 0 Å². The third-order valence-electron chi connectivity index (χ3n) is 4.97. The second-order valence-corrected chi connectivity index (χ2v) is 6.19. The van der Waals surface area contributed by atoms with E-state index < -0.39 is 0 Å². The van der Waals surface area contributed by atoms with E-state index in [-0.39, 0.29) is 11.2 Å². The third kappa shape index (κ3) is 1.82. The Hall–Kier alpha value is -2.09. The number of benzene rings is 2. The zero-order chi connectivity index (χ0) is 14.4. The van der Waals surface area contributed by atoms with Gasteiger partial charge in [-0.2, -0.15) is 0 Å². The van der Waals surface area contributed by atoms with E-state index in [1.54, 1.807) is 12.1 Å². The van der Waals surface area contributed by atoms with E-state index in [1.807, 2.05) is 6.07 Å². The molecule has 0 spiro atoms. The molecule has 1 N–H and O–H groups in total. The first kappa shape index (κ1) is 12.6. The van der Waals surface area contributed by atoms with Crippen LogP contribution in [-0.4, -0.2) is 4.98 Å². The Morgan fingerprint density at radius 2 is 1.81 bits per heavy atom. The topological polar surface area (TPSA) is 15.8 Å². The number of hydrogen-bond acceptors (Lipinski definition) is 0. The quantitative estimate of drug-likeness (QED) is 0.673. The van der Waals surface area contributed by atoms with Crippen LogP contribution in [0, 0.1) is 12.7 Å². The van der Waals surface area contributed by atoms with Crippen LogP contribution in [0.2, 0.25) is 0 Å². The van der Waals surface area contributed by atoms with Gasteiger partial charge in [-0.3, -0.25) is 0 Å². The molecule has 0 radical (unpaired) electrons. The molecular formula is C19H18FN. The Morgan fingerprint density at radius 1 is 1.05 bits per heavy atom. The maximum atomic E-state index is 13.4. The normalized spacial score (nSPS) is 16.9. The second kappa shape index (κ2) is 4.45. The van der Waals surface area contributed by atoms with Crippen molar-refractivity contribution in [2.75, 3.05) is 0 Å². The molecule has 1 fully saturated rings. The van der Waals surface area contributed by atoms with Crippen molar-refractivity contribution in [1.29, 1.82) is 0 Å². The molecule has 1 aromatic heterocycles. The third-order valence-corrected chi connectivity index (χ3v) is 4.97. The van der Waals surface area contributed by atoms with E-state index in [2.05, 4.69) is 42.4 Å². The lowest BCUT2D eigenvalue weighted by Gasteiger charge is -2.42. The van der Waals surface area contributed by atoms with Crippen molar-refractivity contribution in [3.63, 3.8) is 0 Å². The van der Waals surface area contributed by atoms with Gasteiger partial charge in [0.25, 0.3) is 0 Å². The number of fused-ring (bicyclic) bond motifs is 1. The van der Waals surface area contributed by atoms with Crippen LogP contribution in [0.4, 0.5) is 4.39 Å². The summed E-state index contributed by atoms with van der Waals surface area (Å²) in [5.41, 5.74) is 4.97. The van der Waals surface area contributed by atoms with Gasteiger partial charge in [0.15, 0.2) is 0 Å². The fraction of sp³-hybridized carbons (Fsp3) is 0.263. The predicted molar refractivity (Wildman–Crippen MR) is 84.1 cm³/mol. The minimum atomic E-state index is -0.186. The van der Waals surface area contributed by atoms with Crippen LogP contribution < -0.4 is 0 Å². The fourth-order valence-electron chi connectivity index (χ4n) is 3.61. The van der Waals surface area contributed by atoms with Crippen molar-refractivity contribution in [3.8, 4) is 0 Å². The molecule has 0 aliphatic heterocycles. The molecule has 1 saturated carbocycles. The second-order valence-electron chi connectivity index (χ2n) is 6.19. The molecule has 3 aromatic rings. The molecule has 1 aliphatic carbocycles. The largest absolute Gasteiger partial charge is 0.361 e. The van der Waals surface area contributed by atoms with Crippen LogP contribution in [-0.2, 0) is 5.41 Å². The summed E-state index contributed by atoms with van der Waals surface area (Å²) in [4.78, 5) is 3.24. The van der Waals surface area contributed by atoms with Crippen LogP contribution in [0.3, 0.4) is 0 Å². The van der Waals surface area contributed by atoms with Crippen molar-refractivity contribution in [1.82, 2.24) is 4.98 Å². The molecule has 0 amide bonds. The van der Waals surface area contributed by atoms with Crippen LogP contribution >= 0.6 is 0 Å². The van der Waals surface area contributed by atoms with Gasteiger partial charge in [-0.25, -0.2) is 4.39 Å². The molecule has 1 aliphatic rings. The Morgan fingerprint density at radius 3 is 2.48 bits per heavy atom. The van der Waals surface area contributed by atoms with E-state index in [0.717, 1.165) is 10.9 Å². The Bertz CT molecular complexity index is 794. The summed E-state index contributed by atoms with van der Waals surface area (Å²) in [6.07, 6.45) is 5.66. The molecule has 0 atom stereocenters. The van der Waals surface area contributed by atoms with Gasteiger partial charge < -0.3 is 4.98 Å². The molecular weight excluding hydrogens is 261 g/mol. The highest BCUT2D eigenvalue weighted by Crippen LogP contribution is 2.50. The first-order valence-electron chi connectivity index (χ1n) is 7.53. The highest BCUT2D eigenvalue weighted by Gasteiger charge is 2.41. The number of hydrogen-bond donors (Lipinski definition) is 1. The average Bonchev–Trinajstić information content (AvgIpc) is 2.83. The molecule has 21 heavy (non-hydrogen) atoms. The number of aromatic amines is 1. The smallest absolute Gasteiger partial charge is 0.125 e. The summed E-state index contributed by atoms with van der Waals surface area (Å²) in [5.74, 6) is -0.186. The average molecular weight is 279 g/mol. The maximum absolute atomic E-state index is 13.4. The van der Waals surface area contributed by atoms with E-state index in [4.69, 9.17) is 0 Å². The molecule has 0 bridgehead atoms. The minimum absolute atomic E-state index is 0.101. The zero-order valence-corrected chi connectivity index (χ0v) is 12.1. The summed E-state index contributed by atoms with van der Waals surface area (Å²) >= 11 is 0. The zero-order valence-electron chi connectivity index (χ0n) is 12.1. The van der Waals surface area contributed by atoms with Gasteiger partial charge in [-0.05, 0) is 49.1 Å². The molecule has 106 valence electrons. The van der Waals surface area contributed by atoms with Crippen molar-refractivity contribution < 1.29 is 4.39 Å². The van der Waals surface area contributed by atoms with Crippen LogP contribution in [0.1, 0.15) is 36.0 Å². The number of aromatic nitrogens is 1. The van der Waals surface area contributed by atoms with E-state index in [1.165, 1.54) is 36.0 Å². The summed E-state index contributed by atoms with van der Waals surface area (Å²) in [6.45, 7) is 2.12. The Kier molecular flexibility index (Phi) is 2.68. The summed E-state index contributed by atoms with van der Waals surface area (Å²) in [6, 6.07) is 13.9. The lowest BCUT2D eigenvalue weighted by molar-refractivity contribution is 0.304. The van der Waals surface area contributed by atoms with Gasteiger partial charge in [0.05, 0.1) is 0 Å². The van der Waals surface area contributed by atoms with Gasteiger partial charge in [-0.15, -0.1) is 0 Å². The Labute approximate surface area is 123 Å². The number of rotatable bonds is 2. The maximum Gasteiger partial charge on any atom is 0.125 e. The fourth-order valence-corrected chi connectivity index (χ4v) is 3.61. The number of aryl methyl sites for hydroxylation is 1. The number of H-pyrrole nitrogens is 1.